The van der Waals surface area contributed by atoms with Crippen molar-refractivity contribution in [2.24, 2.45) is 17.6 Å². The van der Waals surface area contributed by atoms with Gasteiger partial charge in [0, 0.05) is 123 Å². The first-order chi connectivity index (χ1) is 52.5. The summed E-state index contributed by atoms with van der Waals surface area (Å²) in [5.74, 6) is 0.870. The number of likely N-dealkylation sites (tertiary alicyclic amines) is 4. The number of aromatic nitrogens is 6. The number of hydrogen-bond donors (Lipinski definition) is 6. The summed E-state index contributed by atoms with van der Waals surface area (Å²) >= 11 is 0. The van der Waals surface area contributed by atoms with E-state index in [9.17, 15) is 24.9 Å². The fourth-order valence-electron chi connectivity index (χ4n) is 17.7. The lowest BCUT2D eigenvalue weighted by atomic mass is 9.93. The van der Waals surface area contributed by atoms with Crippen LogP contribution >= 0.6 is 0 Å². The second kappa shape index (κ2) is 28.8. The molecule has 0 radical (unpaired) electrons. The number of carbonyl (C=O) groups excluding carboxylic acids is 1. The SMILES string of the molecule is [C-]#[N+]c1c2c(cc3nc(-c4cccc(-c5cccc(Nc6nccc7cc(CN8CC[C@@H](O)C8)cnc67)c5C)c4C)oc13)C(N1CC[C@@H](C(=O)O)C1)CC2.[C-]#[N+]c1c2c(cc3nc(-c4cccc(-c5cccc(Nc6nccc7cc(CN8CC[C@@H](O)C8)cnc67)c5C)c4C)oc13)C(N1CC[C@@H](C(N)=O)C1)CC2. The number of amides is 1. The molecule has 4 fully saturated rings. The van der Waals surface area contributed by atoms with Gasteiger partial charge in [-0.2, -0.15) is 0 Å². The first-order valence-corrected chi connectivity index (χ1v) is 37.4. The van der Waals surface area contributed by atoms with Gasteiger partial charge in [0.15, 0.2) is 22.8 Å². The van der Waals surface area contributed by atoms with Gasteiger partial charge < -0.3 is 40.5 Å². The minimum Gasteiger partial charge on any atom is -0.481 e. The predicted molar refractivity (Wildman–Crippen MR) is 417 cm³/mol. The third kappa shape index (κ3) is 13.0. The topological polar surface area (TPSA) is 270 Å². The molecule has 2 aliphatic carbocycles. The number of hydrogen-bond acceptors (Lipinski definition) is 18. The van der Waals surface area contributed by atoms with E-state index in [0.29, 0.717) is 89.6 Å². The second-order valence-electron chi connectivity index (χ2n) is 30.0. The minimum absolute atomic E-state index is 0.0799. The molecule has 108 heavy (non-hydrogen) atoms. The number of carboxylic acids is 1. The number of fused-ring (bicyclic) bond motifs is 6. The number of aliphatic hydroxyl groups excluding tert-OH is 2. The molecular weight excluding hydrogens is 1360 g/mol. The van der Waals surface area contributed by atoms with E-state index >= 15 is 0 Å². The first-order valence-electron chi connectivity index (χ1n) is 37.4. The van der Waals surface area contributed by atoms with Crippen LogP contribution in [0.3, 0.4) is 0 Å². The van der Waals surface area contributed by atoms with Crippen LogP contribution in [0, 0.1) is 52.7 Å². The standard InChI is InChI=1S/C43H42N8O3.C43H41N7O4/c1-24-30(31-7-5-9-35(25(31)2)48-42-38-27(12-15-46-42)18-26(20-47-38)21-50-16-14-29(52)23-50)6-4-8-32(24)43-49-36-19-34-33(39(45-3)40(36)54-43)10-11-37(34)51-17-13-28(22-51)41(44)53;1-24-30(31-7-5-9-35(25(31)2)47-41-38-27(12-15-45-41)18-26(20-46-38)21-49-16-14-29(51)23-49)6-4-8-32(24)42-48-36-19-34-33(39(44-3)40(36)54-42)10-11-37(34)50-17-13-28(22-50)43(52)53/h4-9,12,15,18-20,28-29,37,52H,10-11,13-14,16-17,21-23H2,1-2H3,(H2,44,53)(H,46,48);4-9,12,15,18-20,28-29,37,51H,10-11,13-14,16-17,21-23H2,1-2H3,(H,45,47)(H,52,53)/t2*28-,29-,37?/m11/s1. The predicted octanol–water partition coefficient (Wildman–Crippen LogP) is 15.4. The Morgan fingerprint density at radius 2 is 0.954 bits per heavy atom. The van der Waals surface area contributed by atoms with Gasteiger partial charge >= 0.3 is 5.97 Å². The first kappa shape index (κ1) is 69.7. The van der Waals surface area contributed by atoms with Gasteiger partial charge in [0.1, 0.15) is 11.0 Å². The Bertz CT molecular complexity index is 5350. The number of aliphatic hydroxyl groups is 2. The molecule has 6 aromatic heterocycles. The molecular formula is C86H83N15O7. The Balaban J connectivity index is 0.000000158. The number of carbonyl (C=O) groups is 2. The summed E-state index contributed by atoms with van der Waals surface area (Å²) in [6.45, 7) is 32.0. The lowest BCUT2D eigenvalue weighted by Crippen LogP contribution is -2.29. The van der Waals surface area contributed by atoms with Crippen LogP contribution in [-0.2, 0) is 35.5 Å². The van der Waals surface area contributed by atoms with E-state index < -0.39 is 5.97 Å². The van der Waals surface area contributed by atoms with Crippen LogP contribution in [0.5, 0.6) is 0 Å². The molecule has 6 atom stereocenters. The highest BCUT2D eigenvalue weighted by molar-refractivity contribution is 5.96. The number of aliphatic carboxylic acids is 1. The number of benzene rings is 6. The van der Waals surface area contributed by atoms with Crippen LogP contribution in [0.25, 0.3) is 98.9 Å². The number of carboxylic acid groups (broad SMARTS) is 1. The van der Waals surface area contributed by atoms with Crippen molar-refractivity contribution in [2.45, 2.75) is 116 Å². The van der Waals surface area contributed by atoms with Gasteiger partial charge in [-0.05, 0) is 231 Å². The van der Waals surface area contributed by atoms with Gasteiger partial charge in [0.05, 0.1) is 48.2 Å². The molecule has 6 aromatic carbocycles. The van der Waals surface area contributed by atoms with E-state index in [1.54, 1.807) is 6.20 Å². The van der Waals surface area contributed by atoms with E-state index in [1.807, 2.05) is 67.1 Å². The Kier molecular flexibility index (Phi) is 18.6. The van der Waals surface area contributed by atoms with Crippen LogP contribution in [-0.4, -0.2) is 141 Å². The lowest BCUT2D eigenvalue weighted by Gasteiger charge is -2.24. The average molecular weight is 1440 g/mol. The molecule has 0 saturated carbocycles. The highest BCUT2D eigenvalue weighted by atomic mass is 16.4. The monoisotopic (exact) mass is 1440 g/mol. The van der Waals surface area contributed by atoms with Gasteiger partial charge in [0.25, 0.3) is 0 Å². The summed E-state index contributed by atoms with van der Waals surface area (Å²) in [6, 6.07) is 37.4. The van der Waals surface area contributed by atoms with Gasteiger partial charge in [-0.15, -0.1) is 0 Å². The second-order valence-corrected chi connectivity index (χ2v) is 30.0. The summed E-state index contributed by atoms with van der Waals surface area (Å²) in [5, 5.41) is 38.6. The van der Waals surface area contributed by atoms with Crippen molar-refractivity contribution in [3.63, 3.8) is 0 Å². The molecule has 2 unspecified atom stereocenters. The summed E-state index contributed by atoms with van der Waals surface area (Å²) in [6.07, 6.45) is 13.3. The molecule has 22 nitrogen and oxygen atoms in total. The number of nitrogens with zero attached hydrogens (tertiary/aromatic N) is 12. The molecule has 544 valence electrons. The molecule has 4 saturated heterocycles. The molecule has 12 aromatic rings. The minimum atomic E-state index is -0.741. The number of nitrogens with two attached hydrogens (primary N) is 1. The van der Waals surface area contributed by atoms with Crippen molar-refractivity contribution >= 4 is 90.3 Å². The van der Waals surface area contributed by atoms with E-state index in [2.05, 4.69) is 138 Å². The summed E-state index contributed by atoms with van der Waals surface area (Å²) in [7, 11) is 0. The fourth-order valence-corrected chi connectivity index (χ4v) is 17.7. The Hall–Kier alpha value is -11.3. The normalized spacial score (nSPS) is 20.1. The number of primary amides is 1. The number of pyridine rings is 4. The summed E-state index contributed by atoms with van der Waals surface area (Å²) in [5.41, 5.74) is 29.1. The van der Waals surface area contributed by atoms with Crippen molar-refractivity contribution in [1.82, 2.24) is 49.5 Å². The molecule has 7 N–H and O–H groups in total. The van der Waals surface area contributed by atoms with Gasteiger partial charge in [-0.3, -0.25) is 39.2 Å². The van der Waals surface area contributed by atoms with Gasteiger partial charge in [-0.25, -0.2) is 29.6 Å². The van der Waals surface area contributed by atoms with E-state index in [4.69, 9.17) is 47.6 Å². The zero-order chi connectivity index (χ0) is 74.2. The number of nitrogens with one attached hydrogen (secondary N) is 2. The largest absolute Gasteiger partial charge is 0.481 e. The molecule has 0 spiro atoms. The van der Waals surface area contributed by atoms with E-state index in [1.165, 1.54) is 0 Å². The van der Waals surface area contributed by atoms with Crippen molar-refractivity contribution in [3.05, 3.63) is 212 Å². The van der Waals surface area contributed by atoms with Crippen LogP contribution in [0.15, 0.2) is 143 Å². The zero-order valence-electron chi connectivity index (χ0n) is 60.8. The molecule has 18 rings (SSSR count). The highest BCUT2D eigenvalue weighted by Crippen LogP contribution is 2.50. The van der Waals surface area contributed by atoms with Crippen molar-refractivity contribution in [1.29, 1.82) is 0 Å². The summed E-state index contributed by atoms with van der Waals surface area (Å²) in [4.78, 5) is 69.5. The molecule has 22 heteroatoms. The molecule has 6 aliphatic rings. The highest BCUT2D eigenvalue weighted by Gasteiger charge is 2.40. The van der Waals surface area contributed by atoms with Crippen molar-refractivity contribution in [2.75, 3.05) is 63.0 Å². The van der Waals surface area contributed by atoms with Crippen LogP contribution in [0.4, 0.5) is 34.4 Å². The maximum Gasteiger partial charge on any atom is 0.307 e. The van der Waals surface area contributed by atoms with E-state index in [0.717, 1.165) is 206 Å². The van der Waals surface area contributed by atoms with Gasteiger partial charge in [-0.1, -0.05) is 48.5 Å². The Morgan fingerprint density at radius 3 is 1.36 bits per heavy atom. The van der Waals surface area contributed by atoms with Gasteiger partial charge in [0.2, 0.25) is 29.1 Å². The molecule has 0 bridgehead atoms. The lowest BCUT2D eigenvalue weighted by molar-refractivity contribution is -0.141. The number of rotatable bonds is 16. The van der Waals surface area contributed by atoms with Crippen LogP contribution in [0.2, 0.25) is 0 Å². The van der Waals surface area contributed by atoms with Crippen LogP contribution in [0.1, 0.15) is 106 Å². The third-order valence-electron chi connectivity index (χ3n) is 23.4. The third-order valence-corrected chi connectivity index (χ3v) is 23.4. The quantitative estimate of drug-likeness (QED) is 0.0491. The molecule has 10 heterocycles. The van der Waals surface area contributed by atoms with Crippen molar-refractivity contribution < 1.29 is 33.7 Å². The Morgan fingerprint density at radius 1 is 0.528 bits per heavy atom. The number of β-amino-alcohol motifs (C(OH)–C–C–N with tert-alkyl or cyclic N) is 2. The summed E-state index contributed by atoms with van der Waals surface area (Å²) < 4.78 is 12.9. The molecule has 4 aliphatic heterocycles. The maximum absolute atomic E-state index is 11.9. The van der Waals surface area contributed by atoms with Crippen molar-refractivity contribution in [3.8, 4) is 45.2 Å². The van der Waals surface area contributed by atoms with E-state index in [-0.39, 0.29) is 42.0 Å². The molecule has 1 amide bonds. The number of oxazole rings is 2. The average Bonchev–Trinajstić information content (AvgIpc) is 1.59. The smallest absolute Gasteiger partial charge is 0.307 e. The van der Waals surface area contributed by atoms with Crippen LogP contribution < -0.4 is 16.4 Å². The fraction of sp³-hybridized carbons (Fsp3) is 0.326. The Labute approximate surface area is 625 Å². The number of anilines is 4. The zero-order valence-corrected chi connectivity index (χ0v) is 60.8. The maximum atomic E-state index is 11.9.